The molecule has 0 fully saturated rings. The van der Waals surface area contributed by atoms with E-state index in [-0.39, 0.29) is 24.8 Å². The lowest BCUT2D eigenvalue weighted by molar-refractivity contribution is -0.140. The minimum Gasteiger partial charge on any atom is -0.469 e. The summed E-state index contributed by atoms with van der Waals surface area (Å²) in [6.07, 6.45) is 1.50. The zero-order chi connectivity index (χ0) is 23.9. The third kappa shape index (κ3) is 5.40. The lowest BCUT2D eigenvalue weighted by atomic mass is 10.1. The molecule has 4 rings (SSSR count). The largest absolute Gasteiger partial charge is 0.469 e. The van der Waals surface area contributed by atoms with Crippen LogP contribution in [-0.4, -0.2) is 45.7 Å². The lowest BCUT2D eigenvalue weighted by Crippen LogP contribution is -2.10. The Morgan fingerprint density at radius 2 is 1.06 bits per heavy atom. The monoisotopic (exact) mass is 458 g/mol. The topological polar surface area (TPSA) is 88.2 Å². The molecule has 34 heavy (non-hydrogen) atoms. The van der Waals surface area contributed by atoms with Gasteiger partial charge in [0.05, 0.1) is 61.2 Å². The summed E-state index contributed by atoms with van der Waals surface area (Å²) in [5.41, 5.74) is 4.95. The Labute approximate surface area is 197 Å². The average Bonchev–Trinajstić information content (AvgIpc) is 3.47. The molecule has 0 aliphatic heterocycles. The molecular weight excluding hydrogens is 432 g/mol. The summed E-state index contributed by atoms with van der Waals surface area (Å²) in [4.78, 5) is 23.9. The molecular formula is C26H26N4O4. The molecule has 174 valence electrons. The number of ether oxygens (including phenoxy) is 2. The number of carbonyl (C=O) groups is 2. The highest BCUT2D eigenvalue weighted by molar-refractivity contribution is 5.72. The molecule has 8 nitrogen and oxygen atoms in total. The van der Waals surface area contributed by atoms with Gasteiger partial charge in [0, 0.05) is 0 Å². The number of carbonyl (C=O) groups excluding carboxylic acids is 2. The van der Waals surface area contributed by atoms with Gasteiger partial charge >= 0.3 is 11.9 Å². The van der Waals surface area contributed by atoms with Gasteiger partial charge in [-0.25, -0.2) is 9.36 Å². The van der Waals surface area contributed by atoms with Crippen molar-refractivity contribution in [3.8, 4) is 11.4 Å². The van der Waals surface area contributed by atoms with Crippen molar-refractivity contribution < 1.29 is 19.1 Å². The maximum absolute atomic E-state index is 11.9. The van der Waals surface area contributed by atoms with E-state index in [1.807, 2.05) is 72.8 Å². The Bertz CT molecular complexity index is 1160. The minimum absolute atomic E-state index is 0.129. The van der Waals surface area contributed by atoms with Gasteiger partial charge in [0.2, 0.25) is 0 Å². The van der Waals surface area contributed by atoms with Crippen molar-refractivity contribution in [1.29, 1.82) is 0 Å². The number of hydrogen-bond donors (Lipinski definition) is 0. The van der Waals surface area contributed by atoms with Crippen LogP contribution in [0.1, 0.15) is 22.8 Å². The van der Waals surface area contributed by atoms with Gasteiger partial charge in [0.1, 0.15) is 0 Å². The maximum Gasteiger partial charge on any atom is 0.311 e. The summed E-state index contributed by atoms with van der Waals surface area (Å²) in [5.74, 6) is -0.643. The highest BCUT2D eigenvalue weighted by Crippen LogP contribution is 2.18. The molecule has 0 N–H and O–H groups in total. The fourth-order valence-electron chi connectivity index (χ4n) is 3.73. The molecule has 2 aromatic carbocycles. The lowest BCUT2D eigenvalue weighted by Gasteiger charge is -2.06. The van der Waals surface area contributed by atoms with Gasteiger partial charge in [-0.05, 0) is 49.2 Å². The second-order valence-corrected chi connectivity index (χ2v) is 7.75. The van der Waals surface area contributed by atoms with Crippen LogP contribution in [0, 0.1) is 0 Å². The van der Waals surface area contributed by atoms with E-state index >= 15 is 0 Å². The number of methoxy groups -OCH3 is 2. The van der Waals surface area contributed by atoms with Gasteiger partial charge < -0.3 is 9.47 Å². The second-order valence-electron chi connectivity index (χ2n) is 7.75. The predicted molar refractivity (Wildman–Crippen MR) is 126 cm³/mol. The van der Waals surface area contributed by atoms with Crippen LogP contribution in [0.15, 0.2) is 72.8 Å². The van der Waals surface area contributed by atoms with E-state index in [0.29, 0.717) is 12.8 Å². The highest BCUT2D eigenvalue weighted by atomic mass is 16.5. The summed E-state index contributed by atoms with van der Waals surface area (Å²) in [6.45, 7) is 0. The third-order valence-electron chi connectivity index (χ3n) is 5.41. The molecule has 0 bridgehead atoms. The SMILES string of the molecule is COC(=O)Cc1cc(CCc2cc(CC(=O)OC)n(-c3ccccc3)n2)nn1-c1ccccc1. The molecule has 8 heteroatoms. The molecule has 0 unspecified atom stereocenters. The van der Waals surface area contributed by atoms with E-state index in [1.54, 1.807) is 9.36 Å². The average molecular weight is 459 g/mol. The number of aromatic nitrogens is 4. The zero-order valence-corrected chi connectivity index (χ0v) is 19.2. The van der Waals surface area contributed by atoms with Crippen LogP contribution in [0.4, 0.5) is 0 Å². The molecule has 0 spiro atoms. The van der Waals surface area contributed by atoms with Crippen molar-refractivity contribution in [2.45, 2.75) is 25.7 Å². The van der Waals surface area contributed by atoms with Crippen LogP contribution in [0.5, 0.6) is 0 Å². The standard InChI is InChI=1S/C26H26N4O4/c1-33-25(31)17-23-15-19(27-29(23)21-9-5-3-6-10-21)13-14-20-16-24(18-26(32)34-2)30(28-20)22-11-7-4-8-12-22/h3-12,15-16H,13-14,17-18H2,1-2H3. The van der Waals surface area contributed by atoms with E-state index in [0.717, 1.165) is 34.2 Å². The third-order valence-corrected chi connectivity index (χ3v) is 5.41. The van der Waals surface area contributed by atoms with Crippen molar-refractivity contribution in [2.24, 2.45) is 0 Å². The first-order chi connectivity index (χ1) is 16.6. The number of nitrogens with zero attached hydrogens (tertiary/aromatic N) is 4. The molecule has 0 radical (unpaired) electrons. The number of rotatable bonds is 9. The molecule has 0 atom stereocenters. The Kier molecular flexibility index (Phi) is 7.17. The van der Waals surface area contributed by atoms with Crippen LogP contribution in [0.2, 0.25) is 0 Å². The van der Waals surface area contributed by atoms with Gasteiger partial charge in [0.25, 0.3) is 0 Å². The van der Waals surface area contributed by atoms with Crippen LogP contribution < -0.4 is 0 Å². The van der Waals surface area contributed by atoms with Crippen LogP contribution in [0.3, 0.4) is 0 Å². The summed E-state index contributed by atoms with van der Waals surface area (Å²) in [7, 11) is 2.75. The molecule has 0 aliphatic rings. The van der Waals surface area contributed by atoms with Crippen molar-refractivity contribution in [1.82, 2.24) is 19.6 Å². The second kappa shape index (κ2) is 10.6. The number of benzene rings is 2. The Morgan fingerprint density at radius 3 is 1.41 bits per heavy atom. The Morgan fingerprint density at radius 1 is 0.676 bits per heavy atom. The molecule has 2 aromatic heterocycles. The van der Waals surface area contributed by atoms with Gasteiger partial charge in [-0.3, -0.25) is 9.59 Å². The number of aryl methyl sites for hydroxylation is 2. The first-order valence-corrected chi connectivity index (χ1v) is 11.0. The van der Waals surface area contributed by atoms with Crippen LogP contribution in [-0.2, 0) is 44.7 Å². The Hall–Kier alpha value is -4.20. The van der Waals surface area contributed by atoms with Crippen molar-refractivity contribution in [2.75, 3.05) is 14.2 Å². The van der Waals surface area contributed by atoms with Crippen molar-refractivity contribution >= 4 is 11.9 Å². The number of esters is 2. The van der Waals surface area contributed by atoms with Crippen LogP contribution in [0.25, 0.3) is 11.4 Å². The Balaban J connectivity index is 1.58. The van der Waals surface area contributed by atoms with E-state index < -0.39 is 0 Å². The highest BCUT2D eigenvalue weighted by Gasteiger charge is 2.16. The smallest absolute Gasteiger partial charge is 0.311 e. The number of hydrogen-bond acceptors (Lipinski definition) is 6. The maximum atomic E-state index is 11.9. The molecule has 2 heterocycles. The molecule has 0 saturated carbocycles. The van der Waals surface area contributed by atoms with E-state index in [2.05, 4.69) is 0 Å². The molecule has 0 amide bonds. The zero-order valence-electron chi connectivity index (χ0n) is 19.2. The van der Waals surface area contributed by atoms with Crippen molar-refractivity contribution in [3.63, 3.8) is 0 Å². The quantitative estimate of drug-likeness (QED) is 0.358. The minimum atomic E-state index is -0.322. The molecule has 0 aliphatic carbocycles. The summed E-state index contributed by atoms with van der Waals surface area (Å²) in [5, 5.41) is 9.46. The summed E-state index contributed by atoms with van der Waals surface area (Å²) in [6, 6.07) is 23.2. The first kappa shape index (κ1) is 23.0. The van der Waals surface area contributed by atoms with E-state index in [1.165, 1.54) is 14.2 Å². The summed E-state index contributed by atoms with van der Waals surface area (Å²) < 4.78 is 13.3. The van der Waals surface area contributed by atoms with E-state index in [9.17, 15) is 9.59 Å². The van der Waals surface area contributed by atoms with Gasteiger partial charge in [-0.1, -0.05) is 36.4 Å². The predicted octanol–water partition coefficient (Wildman–Crippen LogP) is 3.27. The fourth-order valence-corrected chi connectivity index (χ4v) is 3.73. The van der Waals surface area contributed by atoms with Gasteiger partial charge in [-0.2, -0.15) is 10.2 Å². The fraction of sp³-hybridized carbons (Fsp3) is 0.231. The number of para-hydroxylation sites is 2. The molecule has 0 saturated heterocycles. The molecule has 4 aromatic rings. The summed E-state index contributed by atoms with van der Waals surface area (Å²) >= 11 is 0. The normalized spacial score (nSPS) is 10.8. The van der Waals surface area contributed by atoms with E-state index in [4.69, 9.17) is 19.7 Å². The van der Waals surface area contributed by atoms with Crippen molar-refractivity contribution in [3.05, 3.63) is 95.6 Å². The van der Waals surface area contributed by atoms with Gasteiger partial charge in [0.15, 0.2) is 0 Å². The van der Waals surface area contributed by atoms with Gasteiger partial charge in [-0.15, -0.1) is 0 Å². The van der Waals surface area contributed by atoms with Crippen LogP contribution >= 0.6 is 0 Å². The first-order valence-electron chi connectivity index (χ1n) is 11.0.